The van der Waals surface area contributed by atoms with Gasteiger partial charge in [0, 0.05) is 29.1 Å². The Morgan fingerprint density at radius 2 is 1.95 bits per heavy atom. The molecule has 3 aromatic carbocycles. The minimum absolute atomic E-state index is 0.137. The third kappa shape index (κ3) is 5.10. The van der Waals surface area contributed by atoms with Crippen molar-refractivity contribution in [2.24, 2.45) is 0 Å². The lowest BCUT2D eigenvalue weighted by Crippen LogP contribution is -2.37. The van der Waals surface area contributed by atoms with Gasteiger partial charge in [0.2, 0.25) is 0 Å². The van der Waals surface area contributed by atoms with Crippen molar-refractivity contribution >= 4 is 46.1 Å². The van der Waals surface area contributed by atoms with Crippen molar-refractivity contribution in [3.63, 3.8) is 0 Å². The molecule has 43 heavy (non-hydrogen) atoms. The summed E-state index contributed by atoms with van der Waals surface area (Å²) >= 11 is 7.76. The Hall–Kier alpha value is -3.11. The Bertz CT molecular complexity index is 1720. The van der Waals surface area contributed by atoms with E-state index >= 15 is 4.39 Å². The lowest BCUT2D eigenvalue weighted by atomic mass is 9.87. The van der Waals surface area contributed by atoms with Crippen LogP contribution in [0.25, 0.3) is 11.0 Å². The Kier molecular flexibility index (Phi) is 7.40. The second-order valence-electron chi connectivity index (χ2n) is 11.9. The van der Waals surface area contributed by atoms with Gasteiger partial charge < -0.3 is 19.3 Å². The first kappa shape index (κ1) is 28.6. The zero-order valence-electron chi connectivity index (χ0n) is 24.2. The summed E-state index contributed by atoms with van der Waals surface area (Å²) in [7, 11) is 2.07. The Morgan fingerprint density at radius 3 is 2.65 bits per heavy atom. The average molecular weight is 621 g/mol. The van der Waals surface area contributed by atoms with Gasteiger partial charge in [0.1, 0.15) is 16.5 Å². The summed E-state index contributed by atoms with van der Waals surface area (Å²) in [6.07, 6.45) is 3.16. The van der Waals surface area contributed by atoms with Gasteiger partial charge in [-0.15, -0.1) is 0 Å². The standard InChI is InChI=1S/C33H34ClFN4O3S/c1-33(25-8-7-22(34)17-26(25)35)37(2)31-24(4-3-5-29(31)43-33)20-10-13-38(14-11-20)19-30-36-27-9-6-21(32(40)41)16-28(27)39(30)18-23-12-15-42-23/h3-9,16-17,20,23H,10-15,18-19H2,1-2H3,(H,40,41)/t23-,33?/m0/s1. The van der Waals surface area contributed by atoms with Crippen LogP contribution in [0.15, 0.2) is 59.5 Å². The van der Waals surface area contributed by atoms with Gasteiger partial charge in [-0.3, -0.25) is 4.90 Å². The van der Waals surface area contributed by atoms with Crippen molar-refractivity contribution in [2.45, 2.75) is 61.1 Å². The number of aromatic nitrogens is 2. The van der Waals surface area contributed by atoms with Gasteiger partial charge in [0.15, 0.2) is 0 Å². The molecule has 0 amide bonds. The van der Waals surface area contributed by atoms with Crippen molar-refractivity contribution in [1.29, 1.82) is 0 Å². The lowest BCUT2D eigenvalue weighted by Gasteiger charge is -2.37. The summed E-state index contributed by atoms with van der Waals surface area (Å²) in [5.74, 6) is 0.121. The van der Waals surface area contributed by atoms with E-state index in [1.807, 2.05) is 0 Å². The van der Waals surface area contributed by atoms with Crippen molar-refractivity contribution in [2.75, 3.05) is 31.6 Å². The molecule has 224 valence electrons. The summed E-state index contributed by atoms with van der Waals surface area (Å²) in [6.45, 7) is 6.09. The van der Waals surface area contributed by atoms with Crippen LogP contribution in [0.5, 0.6) is 0 Å². The van der Waals surface area contributed by atoms with Gasteiger partial charge in [0.25, 0.3) is 0 Å². The van der Waals surface area contributed by atoms with Crippen LogP contribution in [0.1, 0.15) is 59.4 Å². The Morgan fingerprint density at radius 1 is 1.16 bits per heavy atom. The molecule has 0 radical (unpaired) electrons. The minimum atomic E-state index is -0.937. The molecule has 1 aromatic heterocycles. The maximum Gasteiger partial charge on any atom is 0.335 e. The maximum atomic E-state index is 15.1. The van der Waals surface area contributed by atoms with Gasteiger partial charge in [-0.25, -0.2) is 14.2 Å². The molecule has 0 saturated carbocycles. The molecule has 3 aliphatic heterocycles. The number of carboxylic acids is 1. The SMILES string of the molecule is CN1c2c(cccc2C2CCN(Cc3nc4ccc(C(=O)O)cc4n3C[C@@H]3CCO3)CC2)SC1(C)c1ccc(Cl)cc1F. The molecule has 1 unspecified atom stereocenters. The van der Waals surface area contributed by atoms with Crippen LogP contribution in [0.4, 0.5) is 10.1 Å². The van der Waals surface area contributed by atoms with Gasteiger partial charge in [-0.05, 0) is 87.2 Å². The van der Waals surface area contributed by atoms with Crippen LogP contribution in [-0.2, 0) is 22.7 Å². The van der Waals surface area contributed by atoms with E-state index in [1.165, 1.54) is 22.2 Å². The zero-order valence-corrected chi connectivity index (χ0v) is 25.8. The van der Waals surface area contributed by atoms with E-state index in [0.29, 0.717) is 29.6 Å². The Balaban J connectivity index is 1.10. The monoisotopic (exact) mass is 620 g/mol. The number of aromatic carboxylic acids is 1. The molecule has 0 spiro atoms. The van der Waals surface area contributed by atoms with Gasteiger partial charge in [0.05, 0.1) is 41.5 Å². The number of imidazole rings is 1. The normalized spacial score (nSPS) is 22.6. The number of carboxylic acid groups (broad SMARTS) is 1. The van der Waals surface area contributed by atoms with E-state index in [4.69, 9.17) is 21.3 Å². The fourth-order valence-corrected chi connectivity index (χ4v) is 8.36. The minimum Gasteiger partial charge on any atom is -0.478 e. The fraction of sp³-hybridized carbons (Fsp3) is 0.394. The van der Waals surface area contributed by atoms with Crippen molar-refractivity contribution in [1.82, 2.24) is 14.5 Å². The first-order valence-electron chi connectivity index (χ1n) is 14.8. The van der Waals surface area contributed by atoms with Gasteiger partial charge >= 0.3 is 5.97 Å². The molecule has 0 bridgehead atoms. The third-order valence-electron chi connectivity index (χ3n) is 9.39. The predicted octanol–water partition coefficient (Wildman–Crippen LogP) is 7.11. The second-order valence-corrected chi connectivity index (χ2v) is 13.8. The average Bonchev–Trinajstić information content (AvgIpc) is 3.43. The number of hydrogen-bond donors (Lipinski definition) is 1. The van der Waals surface area contributed by atoms with Crippen LogP contribution >= 0.6 is 23.4 Å². The van der Waals surface area contributed by atoms with E-state index in [1.54, 1.807) is 42.1 Å². The topological polar surface area (TPSA) is 70.8 Å². The van der Waals surface area contributed by atoms with Crippen LogP contribution < -0.4 is 4.90 Å². The second kappa shape index (κ2) is 11.1. The molecule has 2 atom stereocenters. The molecular formula is C33H34ClFN4O3S. The molecule has 10 heteroatoms. The summed E-state index contributed by atoms with van der Waals surface area (Å²) in [5, 5.41) is 9.96. The number of fused-ring (bicyclic) bond motifs is 2. The van der Waals surface area contributed by atoms with E-state index in [9.17, 15) is 9.90 Å². The number of nitrogens with zero attached hydrogens (tertiary/aromatic N) is 4. The quantitative estimate of drug-likeness (QED) is 0.236. The summed E-state index contributed by atoms with van der Waals surface area (Å²) in [6, 6.07) is 16.6. The van der Waals surface area contributed by atoms with Crippen LogP contribution in [0.2, 0.25) is 5.02 Å². The number of likely N-dealkylation sites (tertiary alicyclic amines) is 1. The highest BCUT2D eigenvalue weighted by molar-refractivity contribution is 8.00. The maximum absolute atomic E-state index is 15.1. The number of ether oxygens (including phenoxy) is 1. The first-order chi connectivity index (χ1) is 20.7. The number of piperidine rings is 1. The Labute approximate surface area is 259 Å². The predicted molar refractivity (Wildman–Crippen MR) is 168 cm³/mol. The molecule has 1 N–H and O–H groups in total. The molecule has 4 aromatic rings. The van der Waals surface area contributed by atoms with E-state index in [0.717, 1.165) is 55.8 Å². The van der Waals surface area contributed by atoms with E-state index in [-0.39, 0.29) is 17.5 Å². The van der Waals surface area contributed by atoms with Gasteiger partial charge in [-0.2, -0.15) is 0 Å². The molecule has 0 aliphatic carbocycles. The van der Waals surface area contributed by atoms with E-state index in [2.05, 4.69) is 46.5 Å². The van der Waals surface area contributed by atoms with Crippen LogP contribution in [0, 0.1) is 5.82 Å². The third-order valence-corrected chi connectivity index (χ3v) is 11.1. The summed E-state index contributed by atoms with van der Waals surface area (Å²) < 4.78 is 23.0. The molecular weight excluding hydrogens is 587 g/mol. The highest BCUT2D eigenvalue weighted by Gasteiger charge is 2.44. The van der Waals surface area contributed by atoms with Crippen LogP contribution in [0.3, 0.4) is 0 Å². The van der Waals surface area contributed by atoms with Crippen molar-refractivity contribution in [3.05, 3.63) is 88.0 Å². The fourth-order valence-electron chi connectivity index (χ4n) is 6.77. The van der Waals surface area contributed by atoms with E-state index < -0.39 is 10.8 Å². The number of carbonyl (C=O) groups is 1. The number of halogens is 2. The molecule has 3 aliphatic rings. The van der Waals surface area contributed by atoms with Crippen molar-refractivity contribution in [3.8, 4) is 0 Å². The molecule has 4 heterocycles. The first-order valence-corrected chi connectivity index (χ1v) is 16.0. The lowest BCUT2D eigenvalue weighted by molar-refractivity contribution is -0.0592. The summed E-state index contributed by atoms with van der Waals surface area (Å²) in [5.41, 5.74) is 5.08. The highest BCUT2D eigenvalue weighted by atomic mass is 35.5. The molecule has 2 fully saturated rings. The number of hydrogen-bond acceptors (Lipinski definition) is 6. The number of thioether (sulfide) groups is 1. The number of para-hydroxylation sites is 1. The molecule has 2 saturated heterocycles. The number of benzene rings is 3. The number of rotatable bonds is 7. The zero-order chi connectivity index (χ0) is 29.9. The van der Waals surface area contributed by atoms with Gasteiger partial charge in [-0.1, -0.05) is 41.6 Å². The smallest absolute Gasteiger partial charge is 0.335 e. The summed E-state index contributed by atoms with van der Waals surface area (Å²) in [4.78, 5) is 21.9. The van der Waals surface area contributed by atoms with Crippen molar-refractivity contribution < 1.29 is 19.0 Å². The largest absolute Gasteiger partial charge is 0.478 e. The molecule has 7 rings (SSSR count). The number of anilines is 1. The van der Waals surface area contributed by atoms with Crippen LogP contribution in [-0.4, -0.2) is 58.4 Å². The highest BCUT2D eigenvalue weighted by Crippen LogP contribution is 2.57. The molecule has 7 nitrogen and oxygen atoms in total.